The van der Waals surface area contributed by atoms with E-state index in [1.807, 2.05) is 60.7 Å². The smallest absolute Gasteiger partial charge is 0.407 e. The number of amides is 1. The summed E-state index contributed by atoms with van der Waals surface area (Å²) in [4.78, 5) is 14.8. The molecule has 38 heavy (non-hydrogen) atoms. The molecule has 9 heteroatoms. The number of hydrogen-bond donors (Lipinski definition) is 1. The lowest BCUT2D eigenvalue weighted by atomic mass is 9.82. The summed E-state index contributed by atoms with van der Waals surface area (Å²) in [6.45, 7) is 6.48. The summed E-state index contributed by atoms with van der Waals surface area (Å²) in [7, 11) is 0. The number of carbonyl (C=O) groups is 1. The van der Waals surface area contributed by atoms with E-state index < -0.39 is 12.4 Å². The van der Waals surface area contributed by atoms with Crippen LogP contribution < -0.4 is 5.32 Å². The van der Waals surface area contributed by atoms with Crippen LogP contribution in [-0.4, -0.2) is 44.3 Å². The molecule has 2 unspecified atom stereocenters. The topological polar surface area (TPSA) is 115 Å². The number of benzene rings is 2. The van der Waals surface area contributed by atoms with Gasteiger partial charge in [-0.1, -0.05) is 92.5 Å². The maximum Gasteiger partial charge on any atom is 0.407 e. The van der Waals surface area contributed by atoms with Crippen molar-refractivity contribution >= 4 is 6.09 Å². The summed E-state index contributed by atoms with van der Waals surface area (Å²) in [6, 6.07) is 19.2. The highest BCUT2D eigenvalue weighted by Gasteiger charge is 2.41. The zero-order valence-electron chi connectivity index (χ0n) is 22.4. The molecule has 0 bridgehead atoms. The van der Waals surface area contributed by atoms with Gasteiger partial charge >= 0.3 is 6.09 Å². The summed E-state index contributed by atoms with van der Waals surface area (Å²) < 4.78 is 23.4. The van der Waals surface area contributed by atoms with Crippen LogP contribution >= 0.6 is 0 Å². The molecular weight excluding hydrogens is 484 g/mol. The number of unbranched alkanes of at least 4 members (excludes halogenated alkanes) is 3. The fourth-order valence-electron chi connectivity index (χ4n) is 4.43. The van der Waals surface area contributed by atoms with Gasteiger partial charge in [0.15, 0.2) is 6.29 Å². The molecule has 1 fully saturated rings. The quantitative estimate of drug-likeness (QED) is 0.126. The van der Waals surface area contributed by atoms with Gasteiger partial charge in [0.05, 0.1) is 25.4 Å². The second-order valence-corrected chi connectivity index (χ2v) is 9.73. The van der Waals surface area contributed by atoms with Crippen LogP contribution in [0.3, 0.4) is 0 Å². The van der Waals surface area contributed by atoms with Crippen molar-refractivity contribution in [3.8, 4) is 0 Å². The molecule has 0 aromatic heterocycles. The Bertz CT molecular complexity index is 987. The van der Waals surface area contributed by atoms with Crippen molar-refractivity contribution in [3.05, 3.63) is 82.2 Å². The fraction of sp³-hybridized carbons (Fsp3) is 0.552. The molecule has 1 aliphatic rings. The van der Waals surface area contributed by atoms with Gasteiger partial charge < -0.3 is 24.3 Å². The maximum atomic E-state index is 11.8. The number of alkyl carbamates (subject to hydrolysis) is 1. The average molecular weight is 525 g/mol. The number of carbonyl (C=O) groups excluding carboxylic acids is 1. The van der Waals surface area contributed by atoms with Crippen LogP contribution in [0, 0.1) is 11.8 Å². The molecule has 1 N–H and O–H groups in total. The van der Waals surface area contributed by atoms with Gasteiger partial charge in [0.1, 0.15) is 6.61 Å². The van der Waals surface area contributed by atoms with Crippen molar-refractivity contribution in [2.75, 3.05) is 19.8 Å². The summed E-state index contributed by atoms with van der Waals surface area (Å²) >= 11 is 0. The monoisotopic (exact) mass is 524 g/mol. The Kier molecular flexibility index (Phi) is 12.9. The highest BCUT2D eigenvalue weighted by atomic mass is 16.7. The Balaban J connectivity index is 1.31. The van der Waals surface area contributed by atoms with Crippen LogP contribution in [0.4, 0.5) is 4.79 Å². The minimum Gasteiger partial charge on any atom is -0.445 e. The predicted octanol–water partition coefficient (Wildman–Crippen LogP) is 6.38. The molecule has 1 aliphatic heterocycles. The summed E-state index contributed by atoms with van der Waals surface area (Å²) in [5, 5.41) is 6.77. The summed E-state index contributed by atoms with van der Waals surface area (Å²) in [5.41, 5.74) is 11.2. The molecule has 2 aromatic carbocycles. The molecule has 0 saturated carbocycles. The lowest BCUT2D eigenvalue weighted by Crippen LogP contribution is -2.50. The standard InChI is InChI=1S/C29H40N4O5/c1-22-23(2)27(32-33-30)28(38-26(22)21-35-19-24-13-7-5-8-14-24)36-18-12-4-3-11-17-31-29(34)37-20-25-15-9-6-10-16-25/h5-10,13-16,22-23,26-28H,3-4,11-12,17-21H2,1-2H3,(H,31,34)/t22-,23-,26?,27?,28-/m0/s1. The minimum atomic E-state index is -0.594. The van der Waals surface area contributed by atoms with Crippen LogP contribution in [0.15, 0.2) is 65.8 Å². The van der Waals surface area contributed by atoms with Crippen molar-refractivity contribution < 1.29 is 23.7 Å². The Morgan fingerprint density at radius 3 is 2.29 bits per heavy atom. The molecule has 0 spiro atoms. The van der Waals surface area contributed by atoms with E-state index in [4.69, 9.17) is 24.5 Å². The van der Waals surface area contributed by atoms with Crippen LogP contribution in [0.5, 0.6) is 0 Å². The highest BCUT2D eigenvalue weighted by Crippen LogP contribution is 2.34. The van der Waals surface area contributed by atoms with Crippen molar-refractivity contribution in [1.82, 2.24) is 5.32 Å². The number of nitrogens with zero attached hydrogens (tertiary/aromatic N) is 3. The van der Waals surface area contributed by atoms with Crippen molar-refractivity contribution in [2.45, 2.75) is 71.2 Å². The lowest BCUT2D eigenvalue weighted by Gasteiger charge is -2.42. The van der Waals surface area contributed by atoms with Crippen molar-refractivity contribution in [1.29, 1.82) is 0 Å². The van der Waals surface area contributed by atoms with Gasteiger partial charge in [-0.15, -0.1) is 0 Å². The third kappa shape index (κ3) is 9.99. The molecule has 0 radical (unpaired) electrons. The van der Waals surface area contributed by atoms with E-state index in [1.165, 1.54) is 0 Å². The average Bonchev–Trinajstić information content (AvgIpc) is 2.94. The van der Waals surface area contributed by atoms with Gasteiger partial charge in [-0.2, -0.15) is 0 Å². The zero-order valence-corrected chi connectivity index (χ0v) is 22.4. The minimum absolute atomic E-state index is 0.0997. The van der Waals surface area contributed by atoms with E-state index in [9.17, 15) is 4.79 Å². The largest absolute Gasteiger partial charge is 0.445 e. The predicted molar refractivity (Wildman–Crippen MR) is 145 cm³/mol. The zero-order chi connectivity index (χ0) is 27.0. The van der Waals surface area contributed by atoms with E-state index in [2.05, 4.69) is 29.2 Å². The lowest BCUT2D eigenvalue weighted by molar-refractivity contribution is -0.240. The number of nitrogens with one attached hydrogen (secondary N) is 1. The van der Waals surface area contributed by atoms with Gasteiger partial charge in [0.25, 0.3) is 0 Å². The molecule has 1 heterocycles. The Morgan fingerprint density at radius 2 is 1.61 bits per heavy atom. The number of ether oxygens (including phenoxy) is 4. The molecule has 3 rings (SSSR count). The summed E-state index contributed by atoms with van der Waals surface area (Å²) in [5.74, 6) is 0.260. The molecule has 9 nitrogen and oxygen atoms in total. The Labute approximate surface area is 225 Å². The Morgan fingerprint density at radius 1 is 0.947 bits per heavy atom. The van der Waals surface area contributed by atoms with Gasteiger partial charge in [-0.05, 0) is 41.3 Å². The van der Waals surface area contributed by atoms with Gasteiger partial charge in [-0.25, -0.2) is 4.79 Å². The van der Waals surface area contributed by atoms with Crippen LogP contribution in [-0.2, 0) is 32.2 Å². The summed E-state index contributed by atoms with van der Waals surface area (Å²) in [6.07, 6.45) is 2.48. The molecule has 5 atom stereocenters. The van der Waals surface area contributed by atoms with Crippen LogP contribution in [0.25, 0.3) is 10.4 Å². The van der Waals surface area contributed by atoms with E-state index in [1.54, 1.807) is 0 Å². The molecule has 1 amide bonds. The third-order valence-corrected chi connectivity index (χ3v) is 6.96. The fourth-order valence-corrected chi connectivity index (χ4v) is 4.43. The second-order valence-electron chi connectivity index (χ2n) is 9.73. The van der Waals surface area contributed by atoms with Crippen molar-refractivity contribution in [3.63, 3.8) is 0 Å². The first-order chi connectivity index (χ1) is 18.6. The SMILES string of the molecule is C[C@@H]1C(COCc2ccccc2)O[C@H](OCCCCCCNC(=O)OCc2ccccc2)C(N=[N+]=[N-])[C@H]1C. The van der Waals surface area contributed by atoms with E-state index >= 15 is 0 Å². The highest BCUT2D eigenvalue weighted by molar-refractivity contribution is 5.67. The van der Waals surface area contributed by atoms with Crippen molar-refractivity contribution in [2.24, 2.45) is 17.0 Å². The third-order valence-electron chi connectivity index (χ3n) is 6.96. The molecule has 206 valence electrons. The molecule has 2 aromatic rings. The first-order valence-electron chi connectivity index (χ1n) is 13.5. The van der Waals surface area contributed by atoms with E-state index in [-0.39, 0.29) is 30.6 Å². The van der Waals surface area contributed by atoms with Gasteiger partial charge in [0, 0.05) is 18.1 Å². The molecule has 1 saturated heterocycles. The van der Waals surface area contributed by atoms with Gasteiger partial charge in [0.2, 0.25) is 0 Å². The number of rotatable bonds is 15. The maximum absolute atomic E-state index is 11.8. The second kappa shape index (κ2) is 16.7. The van der Waals surface area contributed by atoms with E-state index in [0.717, 1.165) is 36.8 Å². The molecular formula is C29H40N4O5. The van der Waals surface area contributed by atoms with E-state index in [0.29, 0.717) is 26.4 Å². The normalized spacial score (nSPS) is 22.8. The van der Waals surface area contributed by atoms with Gasteiger partial charge in [-0.3, -0.25) is 0 Å². The number of azide groups is 1. The first-order valence-corrected chi connectivity index (χ1v) is 13.5. The number of hydrogen-bond acceptors (Lipinski definition) is 6. The Hall–Kier alpha value is -3.10. The van der Waals surface area contributed by atoms with Crippen LogP contribution in [0.2, 0.25) is 0 Å². The van der Waals surface area contributed by atoms with Crippen LogP contribution in [0.1, 0.15) is 50.7 Å². The first kappa shape index (κ1) is 29.5. The molecule has 0 aliphatic carbocycles.